The predicted octanol–water partition coefficient (Wildman–Crippen LogP) is 3.00. The Bertz CT molecular complexity index is 378. The van der Waals surface area contributed by atoms with E-state index in [0.717, 1.165) is 43.0 Å². The highest BCUT2D eigenvalue weighted by Crippen LogP contribution is 2.32. The van der Waals surface area contributed by atoms with Gasteiger partial charge < -0.3 is 19.5 Å². The van der Waals surface area contributed by atoms with Crippen molar-refractivity contribution in [1.82, 2.24) is 5.32 Å². The molecule has 0 saturated heterocycles. The summed E-state index contributed by atoms with van der Waals surface area (Å²) in [5, 5.41) is 3.34. The van der Waals surface area contributed by atoms with Gasteiger partial charge >= 0.3 is 0 Å². The van der Waals surface area contributed by atoms with Crippen LogP contribution in [0.4, 0.5) is 0 Å². The Balaban J connectivity index is 2.80. The molecule has 0 bridgehead atoms. The Morgan fingerprint density at radius 1 is 1.15 bits per heavy atom. The number of hydrogen-bond donors (Lipinski definition) is 1. The molecule has 4 heteroatoms. The molecule has 1 N–H and O–H groups in total. The van der Waals surface area contributed by atoms with Gasteiger partial charge in [0.05, 0.1) is 19.8 Å². The molecule has 1 rings (SSSR count). The summed E-state index contributed by atoms with van der Waals surface area (Å²) in [4.78, 5) is 0. The minimum Gasteiger partial charge on any atom is -0.493 e. The molecule has 0 aliphatic carbocycles. The number of methoxy groups -OCH3 is 2. The lowest BCUT2D eigenvalue weighted by Gasteiger charge is -2.21. The molecule has 0 aliphatic rings. The van der Waals surface area contributed by atoms with Gasteiger partial charge in [-0.05, 0) is 18.9 Å². The molecule has 4 nitrogen and oxygen atoms in total. The van der Waals surface area contributed by atoms with Crippen LogP contribution in [0, 0.1) is 0 Å². The lowest BCUT2D eigenvalue weighted by Crippen LogP contribution is -2.20. The second kappa shape index (κ2) is 9.61. The molecule has 0 amide bonds. The minimum absolute atomic E-state index is 0.226. The zero-order chi connectivity index (χ0) is 14.8. The fraction of sp³-hybridized carbons (Fsp3) is 0.625. The van der Waals surface area contributed by atoms with Crippen molar-refractivity contribution in [3.05, 3.63) is 23.8 Å². The Labute approximate surface area is 122 Å². The van der Waals surface area contributed by atoms with Crippen molar-refractivity contribution in [3.63, 3.8) is 0 Å². The third kappa shape index (κ3) is 5.02. The van der Waals surface area contributed by atoms with E-state index in [1.165, 1.54) is 0 Å². The van der Waals surface area contributed by atoms with Crippen molar-refractivity contribution in [2.45, 2.75) is 39.3 Å². The first-order valence-electron chi connectivity index (χ1n) is 7.28. The van der Waals surface area contributed by atoms with Crippen LogP contribution < -0.4 is 14.8 Å². The monoisotopic (exact) mass is 281 g/mol. The van der Waals surface area contributed by atoms with Crippen molar-refractivity contribution in [3.8, 4) is 11.5 Å². The third-order valence-corrected chi connectivity index (χ3v) is 3.27. The zero-order valence-corrected chi connectivity index (χ0v) is 13.1. The second-order valence-corrected chi connectivity index (χ2v) is 4.67. The van der Waals surface area contributed by atoms with E-state index in [1.807, 2.05) is 12.1 Å². The number of ether oxygens (including phenoxy) is 3. The molecule has 0 aliphatic heterocycles. The molecule has 114 valence electrons. The smallest absolute Gasteiger partial charge is 0.166 e. The van der Waals surface area contributed by atoms with E-state index in [-0.39, 0.29) is 6.10 Å². The van der Waals surface area contributed by atoms with Crippen LogP contribution in [0.2, 0.25) is 0 Å². The molecule has 1 aromatic carbocycles. The van der Waals surface area contributed by atoms with E-state index in [9.17, 15) is 0 Å². The Kier molecular flexibility index (Phi) is 8.07. The van der Waals surface area contributed by atoms with Crippen molar-refractivity contribution in [2.75, 3.05) is 27.4 Å². The van der Waals surface area contributed by atoms with Crippen LogP contribution in [0.1, 0.15) is 32.3 Å². The molecular weight excluding hydrogens is 254 g/mol. The van der Waals surface area contributed by atoms with Gasteiger partial charge in [0.15, 0.2) is 11.5 Å². The Hall–Kier alpha value is -1.26. The minimum atomic E-state index is 0.226. The zero-order valence-electron chi connectivity index (χ0n) is 13.1. The molecule has 20 heavy (non-hydrogen) atoms. The average molecular weight is 281 g/mol. The van der Waals surface area contributed by atoms with Crippen LogP contribution in [0.25, 0.3) is 0 Å². The summed E-state index contributed by atoms with van der Waals surface area (Å²) >= 11 is 0. The maximum Gasteiger partial charge on any atom is 0.166 e. The van der Waals surface area contributed by atoms with E-state index in [2.05, 4.69) is 25.2 Å². The maximum absolute atomic E-state index is 6.13. The van der Waals surface area contributed by atoms with Crippen molar-refractivity contribution in [1.29, 1.82) is 0 Å². The van der Waals surface area contributed by atoms with Gasteiger partial charge in [0, 0.05) is 25.8 Å². The predicted molar refractivity (Wildman–Crippen MR) is 81.6 cm³/mol. The van der Waals surface area contributed by atoms with Crippen LogP contribution >= 0.6 is 0 Å². The van der Waals surface area contributed by atoms with Crippen molar-refractivity contribution in [2.24, 2.45) is 0 Å². The molecule has 1 aromatic rings. The third-order valence-electron chi connectivity index (χ3n) is 3.27. The van der Waals surface area contributed by atoms with Gasteiger partial charge in [0.1, 0.15) is 0 Å². The van der Waals surface area contributed by atoms with Gasteiger partial charge in [-0.15, -0.1) is 0 Å². The van der Waals surface area contributed by atoms with Crippen LogP contribution in [0.5, 0.6) is 11.5 Å². The van der Waals surface area contributed by atoms with E-state index in [0.29, 0.717) is 6.61 Å². The fourth-order valence-corrected chi connectivity index (χ4v) is 2.01. The van der Waals surface area contributed by atoms with Gasteiger partial charge in [0.25, 0.3) is 0 Å². The normalized spacial score (nSPS) is 10.8. The summed E-state index contributed by atoms with van der Waals surface area (Å²) < 4.78 is 16.6. The lowest BCUT2D eigenvalue weighted by atomic mass is 10.1. The maximum atomic E-state index is 6.13. The summed E-state index contributed by atoms with van der Waals surface area (Å²) in [6.45, 7) is 6.54. The van der Waals surface area contributed by atoms with Crippen molar-refractivity contribution >= 4 is 0 Å². The van der Waals surface area contributed by atoms with Crippen LogP contribution in [0.3, 0.4) is 0 Å². The summed E-state index contributed by atoms with van der Waals surface area (Å²) in [5.41, 5.74) is 1.12. The van der Waals surface area contributed by atoms with Gasteiger partial charge in [-0.25, -0.2) is 0 Å². The Morgan fingerprint density at radius 2 is 1.90 bits per heavy atom. The standard InChI is InChI=1S/C16H27NO3/c1-5-14(6-2)20-16-13(12-17-10-11-18-3)8-7-9-15(16)19-4/h7-9,14,17H,5-6,10-12H2,1-4H3. The first-order chi connectivity index (χ1) is 9.76. The number of hydrogen-bond acceptors (Lipinski definition) is 4. The Morgan fingerprint density at radius 3 is 2.50 bits per heavy atom. The molecule has 0 spiro atoms. The van der Waals surface area contributed by atoms with Crippen molar-refractivity contribution < 1.29 is 14.2 Å². The summed E-state index contributed by atoms with van der Waals surface area (Å²) in [7, 11) is 3.38. The van der Waals surface area contributed by atoms with Crippen LogP contribution in [-0.2, 0) is 11.3 Å². The molecule has 0 saturated carbocycles. The molecule has 0 radical (unpaired) electrons. The number of benzene rings is 1. The SMILES string of the molecule is CCC(CC)Oc1c(CNCCOC)cccc1OC. The van der Waals surface area contributed by atoms with Gasteiger partial charge in [0.2, 0.25) is 0 Å². The molecule has 0 atom stereocenters. The van der Waals surface area contributed by atoms with E-state index in [4.69, 9.17) is 14.2 Å². The van der Waals surface area contributed by atoms with Crippen LogP contribution in [0.15, 0.2) is 18.2 Å². The summed E-state index contributed by atoms with van der Waals surface area (Å²) in [6, 6.07) is 6.00. The number of para-hydroxylation sites is 1. The highest BCUT2D eigenvalue weighted by atomic mass is 16.5. The van der Waals surface area contributed by atoms with Gasteiger partial charge in [-0.2, -0.15) is 0 Å². The van der Waals surface area contributed by atoms with E-state index in [1.54, 1.807) is 14.2 Å². The first-order valence-corrected chi connectivity index (χ1v) is 7.28. The molecule has 0 heterocycles. The quantitative estimate of drug-likeness (QED) is 0.669. The fourth-order valence-electron chi connectivity index (χ4n) is 2.01. The number of nitrogens with one attached hydrogen (secondary N) is 1. The summed E-state index contributed by atoms with van der Waals surface area (Å²) in [5.74, 6) is 1.65. The highest BCUT2D eigenvalue weighted by molar-refractivity contribution is 5.46. The first kappa shape index (κ1) is 16.8. The average Bonchev–Trinajstić information content (AvgIpc) is 2.49. The molecular formula is C16H27NO3. The van der Waals surface area contributed by atoms with E-state index < -0.39 is 0 Å². The van der Waals surface area contributed by atoms with E-state index >= 15 is 0 Å². The van der Waals surface area contributed by atoms with Crippen LogP contribution in [-0.4, -0.2) is 33.5 Å². The molecule has 0 aromatic heterocycles. The highest BCUT2D eigenvalue weighted by Gasteiger charge is 2.14. The molecule has 0 fully saturated rings. The number of rotatable bonds is 10. The summed E-state index contributed by atoms with van der Waals surface area (Å²) in [6.07, 6.45) is 2.21. The lowest BCUT2D eigenvalue weighted by molar-refractivity contribution is 0.181. The largest absolute Gasteiger partial charge is 0.493 e. The van der Waals surface area contributed by atoms with Gasteiger partial charge in [-0.3, -0.25) is 0 Å². The topological polar surface area (TPSA) is 39.7 Å². The van der Waals surface area contributed by atoms with Gasteiger partial charge in [-0.1, -0.05) is 26.0 Å². The second-order valence-electron chi connectivity index (χ2n) is 4.67. The molecule has 0 unspecified atom stereocenters.